The summed E-state index contributed by atoms with van der Waals surface area (Å²) in [5.74, 6) is 5.04. The summed E-state index contributed by atoms with van der Waals surface area (Å²) in [5.41, 5.74) is 4.14. The third-order valence-corrected chi connectivity index (χ3v) is 14.6. The molecule has 0 bridgehead atoms. The number of allylic oxidation sites excluding steroid dienone is 3. The average molecular weight is 651 g/mol. The molecule has 3 fully saturated rings. The predicted octanol–water partition coefficient (Wildman–Crippen LogP) is 14.0. The lowest BCUT2D eigenvalue weighted by molar-refractivity contribution is -0.151. The topological polar surface area (TPSA) is 26.3 Å². The van der Waals surface area contributed by atoms with Gasteiger partial charge in [-0.3, -0.25) is 4.79 Å². The second kappa shape index (κ2) is 18.8. The van der Waals surface area contributed by atoms with Gasteiger partial charge in [-0.05, 0) is 117 Å². The standard InChI is InChI=1S/C45H78O2/c1-8-10-11-12-13-14-15-16-17-18-19-20-21-22-43(46)47-38-29-31-44(6)37(33-38)25-26-39-41-28-27-40(45(41,7)32-30-42(39)44)35(5)23-24-36(9-2)34(3)4/h9,25,34-35,38-42H,8,10-24,26-33H2,1-7H3/b36-9-/t35-,38+,39+,40-,41+,42+,44+,45-/m1/s1. The van der Waals surface area contributed by atoms with Crippen molar-refractivity contribution >= 4 is 5.97 Å². The molecule has 0 aromatic heterocycles. The zero-order chi connectivity index (χ0) is 33.9. The molecule has 0 spiro atoms. The zero-order valence-electron chi connectivity index (χ0n) is 32.5. The molecule has 0 saturated heterocycles. The maximum absolute atomic E-state index is 12.8. The highest BCUT2D eigenvalue weighted by Crippen LogP contribution is 2.67. The quantitative estimate of drug-likeness (QED) is 0.0744. The third-order valence-electron chi connectivity index (χ3n) is 14.6. The first kappa shape index (κ1) is 38.7. The monoisotopic (exact) mass is 651 g/mol. The van der Waals surface area contributed by atoms with Crippen molar-refractivity contribution < 1.29 is 9.53 Å². The molecule has 0 radical (unpaired) electrons. The summed E-state index contributed by atoms with van der Waals surface area (Å²) < 4.78 is 6.13. The van der Waals surface area contributed by atoms with Crippen molar-refractivity contribution in [1.82, 2.24) is 0 Å². The molecule has 0 unspecified atom stereocenters. The van der Waals surface area contributed by atoms with Gasteiger partial charge in [0.15, 0.2) is 0 Å². The van der Waals surface area contributed by atoms with Crippen LogP contribution >= 0.6 is 0 Å². The molecule has 0 aromatic carbocycles. The number of ether oxygens (including phenoxy) is 1. The largest absolute Gasteiger partial charge is 0.462 e. The normalized spacial score (nSPS) is 32.8. The number of esters is 1. The van der Waals surface area contributed by atoms with Crippen LogP contribution in [-0.4, -0.2) is 12.1 Å². The number of hydrogen-bond acceptors (Lipinski definition) is 2. The molecule has 0 aromatic rings. The maximum atomic E-state index is 12.8. The van der Waals surface area contributed by atoms with E-state index in [1.54, 1.807) is 11.1 Å². The fourth-order valence-corrected chi connectivity index (χ4v) is 11.6. The summed E-state index contributed by atoms with van der Waals surface area (Å²) in [7, 11) is 0. The van der Waals surface area contributed by atoms with Crippen LogP contribution in [0.25, 0.3) is 0 Å². The molecule has 8 atom stereocenters. The Balaban J connectivity index is 1.16. The van der Waals surface area contributed by atoms with E-state index in [4.69, 9.17) is 4.74 Å². The van der Waals surface area contributed by atoms with Gasteiger partial charge in [-0.1, -0.05) is 142 Å². The van der Waals surface area contributed by atoms with Crippen LogP contribution in [0.5, 0.6) is 0 Å². The van der Waals surface area contributed by atoms with E-state index in [1.807, 2.05) is 0 Å². The van der Waals surface area contributed by atoms with E-state index in [1.165, 1.54) is 128 Å². The van der Waals surface area contributed by atoms with Crippen LogP contribution in [-0.2, 0) is 9.53 Å². The van der Waals surface area contributed by atoms with E-state index in [0.29, 0.717) is 23.2 Å². The lowest BCUT2D eigenvalue weighted by Crippen LogP contribution is -2.51. The van der Waals surface area contributed by atoms with Gasteiger partial charge in [-0.15, -0.1) is 0 Å². The molecule has 4 aliphatic carbocycles. The van der Waals surface area contributed by atoms with Gasteiger partial charge >= 0.3 is 5.97 Å². The summed E-state index contributed by atoms with van der Waals surface area (Å²) in [6.07, 6.45) is 36.1. The third kappa shape index (κ3) is 10.0. The first-order valence-electron chi connectivity index (χ1n) is 21.2. The van der Waals surface area contributed by atoms with Crippen molar-refractivity contribution in [3.63, 3.8) is 0 Å². The van der Waals surface area contributed by atoms with Crippen molar-refractivity contribution in [3.8, 4) is 0 Å². The molecule has 47 heavy (non-hydrogen) atoms. The number of rotatable bonds is 20. The van der Waals surface area contributed by atoms with Gasteiger partial charge in [0.25, 0.3) is 0 Å². The molecular weight excluding hydrogens is 572 g/mol. The molecule has 4 aliphatic rings. The highest BCUT2D eigenvalue weighted by atomic mass is 16.5. The molecular formula is C45H78O2. The van der Waals surface area contributed by atoms with Gasteiger partial charge in [0.1, 0.15) is 6.10 Å². The van der Waals surface area contributed by atoms with Crippen molar-refractivity contribution in [1.29, 1.82) is 0 Å². The fraction of sp³-hybridized carbons (Fsp3) is 0.889. The minimum Gasteiger partial charge on any atom is -0.462 e. The molecule has 0 amide bonds. The molecule has 3 saturated carbocycles. The van der Waals surface area contributed by atoms with E-state index in [0.717, 1.165) is 48.9 Å². The predicted molar refractivity (Wildman–Crippen MR) is 202 cm³/mol. The van der Waals surface area contributed by atoms with Crippen LogP contribution in [0.3, 0.4) is 0 Å². The Hall–Kier alpha value is -1.05. The van der Waals surface area contributed by atoms with Gasteiger partial charge in [0, 0.05) is 12.8 Å². The lowest BCUT2D eigenvalue weighted by Gasteiger charge is -2.58. The van der Waals surface area contributed by atoms with Crippen molar-refractivity contribution in [2.75, 3.05) is 0 Å². The van der Waals surface area contributed by atoms with E-state index < -0.39 is 0 Å². The van der Waals surface area contributed by atoms with Crippen LogP contribution < -0.4 is 0 Å². The zero-order valence-corrected chi connectivity index (χ0v) is 32.5. The molecule has 0 N–H and O–H groups in total. The summed E-state index contributed by atoms with van der Waals surface area (Å²) in [4.78, 5) is 12.8. The second-order valence-electron chi connectivity index (χ2n) is 17.9. The summed E-state index contributed by atoms with van der Waals surface area (Å²) >= 11 is 0. The second-order valence-corrected chi connectivity index (χ2v) is 17.9. The Morgan fingerprint density at radius 3 is 2.09 bits per heavy atom. The Morgan fingerprint density at radius 2 is 1.47 bits per heavy atom. The molecule has 4 rings (SSSR count). The molecule has 0 aliphatic heterocycles. The number of carbonyl (C=O) groups excluding carboxylic acids is 1. The van der Waals surface area contributed by atoms with Crippen LogP contribution in [0, 0.1) is 46.3 Å². The van der Waals surface area contributed by atoms with Crippen molar-refractivity contribution in [2.24, 2.45) is 46.3 Å². The SMILES string of the molecule is C/C=C(/CC[C@@H](C)[C@H]1CC[C@H]2[C@@H]3CC=C4C[C@@H](OC(=O)CCCCCCCCCCCCCCC)CC[C@]4(C)[C@H]3CC[C@]12C)C(C)C. The molecule has 2 nitrogen and oxygen atoms in total. The smallest absolute Gasteiger partial charge is 0.306 e. The maximum Gasteiger partial charge on any atom is 0.306 e. The van der Waals surface area contributed by atoms with E-state index in [9.17, 15) is 4.79 Å². The number of carbonyl (C=O) groups is 1. The number of fused-ring (bicyclic) bond motifs is 5. The Morgan fingerprint density at radius 1 is 0.830 bits per heavy atom. The first-order valence-corrected chi connectivity index (χ1v) is 21.2. The van der Waals surface area contributed by atoms with Crippen LogP contribution in [0.1, 0.15) is 203 Å². The highest BCUT2D eigenvalue weighted by Gasteiger charge is 2.59. The van der Waals surface area contributed by atoms with Crippen molar-refractivity contribution in [3.05, 3.63) is 23.3 Å². The van der Waals surface area contributed by atoms with Crippen LogP contribution in [0.4, 0.5) is 0 Å². The average Bonchev–Trinajstić information content (AvgIpc) is 3.41. The highest BCUT2D eigenvalue weighted by molar-refractivity contribution is 5.69. The van der Waals surface area contributed by atoms with E-state index >= 15 is 0 Å². The van der Waals surface area contributed by atoms with Crippen molar-refractivity contribution in [2.45, 2.75) is 209 Å². The van der Waals surface area contributed by atoms with Crippen LogP contribution in [0.15, 0.2) is 23.3 Å². The lowest BCUT2D eigenvalue weighted by atomic mass is 9.47. The first-order chi connectivity index (χ1) is 22.6. The summed E-state index contributed by atoms with van der Waals surface area (Å²) in [6, 6.07) is 0. The van der Waals surface area contributed by atoms with Gasteiger partial charge in [-0.2, -0.15) is 0 Å². The van der Waals surface area contributed by atoms with Gasteiger partial charge < -0.3 is 4.74 Å². The molecule has 270 valence electrons. The fourth-order valence-electron chi connectivity index (χ4n) is 11.6. The van der Waals surface area contributed by atoms with Gasteiger partial charge in [0.05, 0.1) is 0 Å². The number of unbranched alkanes of at least 4 members (excludes halogenated alkanes) is 12. The summed E-state index contributed by atoms with van der Waals surface area (Å²) in [5, 5.41) is 0. The molecule has 0 heterocycles. The molecule has 2 heteroatoms. The minimum absolute atomic E-state index is 0.0606. The minimum atomic E-state index is 0.0606. The van der Waals surface area contributed by atoms with Crippen LogP contribution in [0.2, 0.25) is 0 Å². The van der Waals surface area contributed by atoms with Gasteiger partial charge in [0.2, 0.25) is 0 Å². The summed E-state index contributed by atoms with van der Waals surface area (Å²) in [6.45, 7) is 17.1. The Bertz CT molecular complexity index is 1010. The van der Waals surface area contributed by atoms with E-state index in [-0.39, 0.29) is 12.1 Å². The Labute approximate surface area is 293 Å². The Kier molecular flexibility index (Phi) is 15.5. The van der Waals surface area contributed by atoms with Gasteiger partial charge in [-0.25, -0.2) is 0 Å². The number of hydrogen-bond donors (Lipinski definition) is 0. The van der Waals surface area contributed by atoms with E-state index in [2.05, 4.69) is 60.6 Å².